The van der Waals surface area contributed by atoms with E-state index in [0.29, 0.717) is 46.7 Å². The highest BCUT2D eigenvalue weighted by atomic mass is 16.5. The van der Waals surface area contributed by atoms with Gasteiger partial charge in [-0.05, 0) is 56.2 Å². The molecule has 0 bridgehead atoms. The van der Waals surface area contributed by atoms with Crippen LogP contribution in [-0.4, -0.2) is 55.2 Å². The lowest BCUT2D eigenvalue weighted by molar-refractivity contribution is -0.129. The highest BCUT2D eigenvalue weighted by Crippen LogP contribution is 2.21. The highest BCUT2D eigenvalue weighted by molar-refractivity contribution is 5.98. The molecule has 216 valence electrons. The standard InChI is InChI=1S/C31H28N8O4/c1-19(35-30(41)26-27(32)37-24-15-7-17-34-39(24)26)28-36-22-13-5-9-20(10-6-16-33-29(40)23-14-8-18-43-23)25(22)31(42)38(28)21-11-3-2-4-12-21/h2-5,7,9,11-13,15,17,19,23H,8,14,16,18,32H2,1H3,(H,33,40)(H,35,41)/t19-,23-/m1/s1. The summed E-state index contributed by atoms with van der Waals surface area (Å²) in [7, 11) is 0. The summed E-state index contributed by atoms with van der Waals surface area (Å²) in [6, 6.07) is 16.9. The Morgan fingerprint density at radius 2 is 1.95 bits per heavy atom. The molecule has 0 unspecified atom stereocenters. The molecule has 1 aliphatic heterocycles. The van der Waals surface area contributed by atoms with Crippen LogP contribution < -0.4 is 21.9 Å². The number of ether oxygens (including phenoxy) is 1. The molecular weight excluding hydrogens is 548 g/mol. The van der Waals surface area contributed by atoms with E-state index in [0.717, 1.165) is 6.42 Å². The van der Waals surface area contributed by atoms with Gasteiger partial charge in [0.1, 0.15) is 11.9 Å². The number of amides is 2. The van der Waals surface area contributed by atoms with Crippen LogP contribution in [0.4, 0.5) is 5.82 Å². The van der Waals surface area contributed by atoms with Gasteiger partial charge in [0.2, 0.25) is 5.91 Å². The molecule has 3 aromatic heterocycles. The lowest BCUT2D eigenvalue weighted by Crippen LogP contribution is -2.34. The average molecular weight is 577 g/mol. The fourth-order valence-corrected chi connectivity index (χ4v) is 5.09. The molecule has 6 rings (SSSR count). The molecular formula is C31H28N8O4. The van der Waals surface area contributed by atoms with Crippen molar-refractivity contribution >= 4 is 34.2 Å². The van der Waals surface area contributed by atoms with Crippen LogP contribution in [0.3, 0.4) is 0 Å². The van der Waals surface area contributed by atoms with Crippen LogP contribution in [-0.2, 0) is 9.53 Å². The van der Waals surface area contributed by atoms with E-state index in [1.165, 1.54) is 15.3 Å². The number of imidazole rings is 1. The Labute approximate surface area is 245 Å². The minimum atomic E-state index is -0.721. The third-order valence-electron chi connectivity index (χ3n) is 7.10. The first-order valence-electron chi connectivity index (χ1n) is 13.8. The number of nitrogens with zero attached hydrogens (tertiary/aromatic N) is 5. The largest absolute Gasteiger partial charge is 0.382 e. The Morgan fingerprint density at radius 3 is 2.74 bits per heavy atom. The molecule has 0 radical (unpaired) electrons. The second kappa shape index (κ2) is 11.8. The zero-order valence-electron chi connectivity index (χ0n) is 23.3. The third-order valence-corrected chi connectivity index (χ3v) is 7.10. The predicted octanol–water partition coefficient (Wildman–Crippen LogP) is 2.15. The van der Waals surface area contributed by atoms with Gasteiger partial charge in [0.15, 0.2) is 17.2 Å². The predicted molar refractivity (Wildman–Crippen MR) is 159 cm³/mol. The SMILES string of the molecule is C[C@@H](NC(=O)c1c(N)nc2cccnn12)c1nc2cccc(C#CCNC(=O)[C@H]3CCCO3)c2c(=O)n1-c1ccccc1. The number of para-hydroxylation sites is 1. The summed E-state index contributed by atoms with van der Waals surface area (Å²) in [5, 5.41) is 10.2. The molecule has 0 spiro atoms. The molecule has 4 N–H and O–H groups in total. The van der Waals surface area contributed by atoms with Crippen molar-refractivity contribution < 1.29 is 14.3 Å². The summed E-state index contributed by atoms with van der Waals surface area (Å²) in [5.74, 6) is 5.58. The normalized spacial score (nSPS) is 15.1. The maximum Gasteiger partial charge on any atom is 0.274 e. The van der Waals surface area contributed by atoms with E-state index in [2.05, 4.69) is 32.6 Å². The van der Waals surface area contributed by atoms with E-state index in [9.17, 15) is 14.4 Å². The number of nitrogen functional groups attached to an aromatic ring is 1. The van der Waals surface area contributed by atoms with Crippen LogP contribution in [0.1, 0.15) is 47.7 Å². The molecule has 1 aliphatic rings. The summed E-state index contributed by atoms with van der Waals surface area (Å²) in [4.78, 5) is 48.8. The first-order valence-corrected chi connectivity index (χ1v) is 13.8. The Hall–Kier alpha value is -5.54. The molecule has 12 heteroatoms. The van der Waals surface area contributed by atoms with Crippen molar-refractivity contribution in [1.29, 1.82) is 0 Å². The zero-order chi connectivity index (χ0) is 29.9. The van der Waals surface area contributed by atoms with Gasteiger partial charge in [-0.15, -0.1) is 0 Å². The van der Waals surface area contributed by atoms with Gasteiger partial charge < -0.3 is 21.1 Å². The van der Waals surface area contributed by atoms with Gasteiger partial charge >= 0.3 is 0 Å². The number of carbonyl (C=O) groups excluding carboxylic acids is 2. The molecule has 5 aromatic rings. The van der Waals surface area contributed by atoms with Crippen LogP contribution in [0, 0.1) is 11.8 Å². The summed E-state index contributed by atoms with van der Waals surface area (Å²) in [5.41, 5.74) is 7.68. The number of fused-ring (bicyclic) bond motifs is 2. The summed E-state index contributed by atoms with van der Waals surface area (Å²) >= 11 is 0. The van der Waals surface area contributed by atoms with Crippen molar-refractivity contribution in [2.24, 2.45) is 0 Å². The molecule has 4 heterocycles. The van der Waals surface area contributed by atoms with Gasteiger partial charge in [-0.3, -0.25) is 19.0 Å². The molecule has 1 fully saturated rings. The fourth-order valence-electron chi connectivity index (χ4n) is 5.09. The number of hydrogen-bond donors (Lipinski definition) is 3. The van der Waals surface area contributed by atoms with Crippen LogP contribution in [0.25, 0.3) is 22.2 Å². The van der Waals surface area contributed by atoms with Crippen molar-refractivity contribution in [3.05, 3.63) is 94.3 Å². The van der Waals surface area contributed by atoms with Gasteiger partial charge in [-0.25, -0.2) is 14.5 Å². The minimum Gasteiger partial charge on any atom is -0.382 e. The number of hydrogen-bond acceptors (Lipinski definition) is 8. The molecule has 43 heavy (non-hydrogen) atoms. The van der Waals surface area contributed by atoms with E-state index in [1.54, 1.807) is 49.4 Å². The van der Waals surface area contributed by atoms with Gasteiger partial charge in [-0.1, -0.05) is 36.1 Å². The molecule has 1 saturated heterocycles. The van der Waals surface area contributed by atoms with E-state index >= 15 is 0 Å². The van der Waals surface area contributed by atoms with Gasteiger partial charge in [0.25, 0.3) is 11.5 Å². The minimum absolute atomic E-state index is 0.0329. The van der Waals surface area contributed by atoms with Crippen molar-refractivity contribution in [1.82, 2.24) is 34.8 Å². The zero-order valence-corrected chi connectivity index (χ0v) is 23.3. The van der Waals surface area contributed by atoms with E-state index in [4.69, 9.17) is 15.5 Å². The number of rotatable bonds is 6. The van der Waals surface area contributed by atoms with Crippen molar-refractivity contribution in [3.63, 3.8) is 0 Å². The number of carbonyl (C=O) groups is 2. The lowest BCUT2D eigenvalue weighted by Gasteiger charge is -2.20. The van der Waals surface area contributed by atoms with Crippen LogP contribution in [0.2, 0.25) is 0 Å². The summed E-state index contributed by atoms with van der Waals surface area (Å²) in [6.07, 6.45) is 2.64. The van der Waals surface area contributed by atoms with Crippen LogP contribution >= 0.6 is 0 Å². The Morgan fingerprint density at radius 1 is 1.12 bits per heavy atom. The molecule has 12 nitrogen and oxygen atoms in total. The van der Waals surface area contributed by atoms with Crippen molar-refractivity contribution in [2.45, 2.75) is 31.9 Å². The molecule has 2 aromatic carbocycles. The maximum absolute atomic E-state index is 14.1. The maximum atomic E-state index is 14.1. The Bertz CT molecular complexity index is 1970. The van der Waals surface area contributed by atoms with Crippen molar-refractivity contribution in [2.75, 3.05) is 18.9 Å². The molecule has 2 amide bonds. The topological polar surface area (TPSA) is 159 Å². The number of nitrogens with one attached hydrogen (secondary N) is 2. The van der Waals surface area contributed by atoms with Gasteiger partial charge in [0.05, 0.1) is 29.2 Å². The molecule has 0 aliphatic carbocycles. The highest BCUT2D eigenvalue weighted by Gasteiger charge is 2.25. The smallest absolute Gasteiger partial charge is 0.274 e. The fraction of sp³-hybridized carbons (Fsp3) is 0.226. The van der Waals surface area contributed by atoms with E-state index in [1.807, 2.05) is 18.2 Å². The lowest BCUT2D eigenvalue weighted by atomic mass is 10.1. The second-order valence-electron chi connectivity index (χ2n) is 10.0. The van der Waals surface area contributed by atoms with Crippen LogP contribution in [0.5, 0.6) is 0 Å². The van der Waals surface area contributed by atoms with Crippen molar-refractivity contribution in [3.8, 4) is 17.5 Å². The molecule has 2 atom stereocenters. The second-order valence-corrected chi connectivity index (χ2v) is 10.0. The van der Waals surface area contributed by atoms with Gasteiger partial charge in [-0.2, -0.15) is 5.10 Å². The Kier molecular flexibility index (Phi) is 7.55. The van der Waals surface area contributed by atoms with Gasteiger partial charge in [0, 0.05) is 18.4 Å². The number of anilines is 1. The average Bonchev–Trinajstić information content (AvgIpc) is 3.67. The first-order chi connectivity index (χ1) is 20.9. The summed E-state index contributed by atoms with van der Waals surface area (Å²) in [6.45, 7) is 2.42. The quantitative estimate of drug-likeness (QED) is 0.260. The molecule has 0 saturated carbocycles. The van der Waals surface area contributed by atoms with Crippen LogP contribution in [0.15, 0.2) is 71.7 Å². The number of aromatic nitrogens is 5. The number of benzene rings is 2. The first kappa shape index (κ1) is 27.6. The van der Waals surface area contributed by atoms with E-state index < -0.39 is 18.1 Å². The monoisotopic (exact) mass is 576 g/mol. The Balaban J connectivity index is 1.36. The number of nitrogens with two attached hydrogens (primary N) is 1. The van der Waals surface area contributed by atoms with E-state index in [-0.39, 0.29) is 29.5 Å². The third kappa shape index (κ3) is 5.41. The summed E-state index contributed by atoms with van der Waals surface area (Å²) < 4.78 is 8.24.